The number of ether oxygens (including phenoxy) is 1. The van der Waals surface area contributed by atoms with E-state index in [1.54, 1.807) is 20.8 Å². The summed E-state index contributed by atoms with van der Waals surface area (Å²) in [6, 6.07) is 0. The van der Waals surface area contributed by atoms with Gasteiger partial charge in [0.25, 0.3) is 0 Å². The van der Waals surface area contributed by atoms with Crippen molar-refractivity contribution in [2.75, 3.05) is 6.61 Å². The summed E-state index contributed by atoms with van der Waals surface area (Å²) in [5, 5.41) is 0. The second-order valence-electron chi connectivity index (χ2n) is 7.02. The van der Waals surface area contributed by atoms with E-state index in [4.69, 9.17) is 27.9 Å². The average Bonchev–Trinajstić information content (AvgIpc) is 2.49. The first-order chi connectivity index (χ1) is 12.0. The number of unbranched alkanes of at least 4 members (excludes halogenated alkanes) is 2. The van der Waals surface area contributed by atoms with Crippen LogP contribution < -0.4 is 0 Å². The standard InChI is InChI=1S/C17H27Cl2F7O/c1-5-6-7-10-15(21,22)17(25,26)16(23,24)14(20,13(4,18)19)9-8-11-27-12(2)3/h12H,5-11H2,1-4H3. The van der Waals surface area contributed by atoms with Crippen LogP contribution in [0.5, 0.6) is 0 Å². The number of hydrogen-bond donors (Lipinski definition) is 0. The molecule has 0 fully saturated rings. The second-order valence-corrected chi connectivity index (χ2v) is 8.73. The van der Waals surface area contributed by atoms with Crippen LogP contribution in [0.2, 0.25) is 0 Å². The molecular formula is C17H27Cl2F7O. The molecule has 0 aromatic rings. The zero-order valence-electron chi connectivity index (χ0n) is 15.8. The molecule has 0 aromatic carbocycles. The van der Waals surface area contributed by atoms with Gasteiger partial charge < -0.3 is 4.74 Å². The van der Waals surface area contributed by atoms with Crippen LogP contribution >= 0.6 is 23.2 Å². The van der Waals surface area contributed by atoms with Crippen LogP contribution in [0.1, 0.15) is 66.2 Å². The van der Waals surface area contributed by atoms with Gasteiger partial charge in [-0.05, 0) is 40.0 Å². The average molecular weight is 451 g/mol. The molecule has 1 nitrogen and oxygen atoms in total. The van der Waals surface area contributed by atoms with Crippen molar-refractivity contribution >= 4 is 23.2 Å². The van der Waals surface area contributed by atoms with Crippen LogP contribution in [0.25, 0.3) is 0 Å². The molecule has 0 bridgehead atoms. The molecule has 0 heterocycles. The molecule has 0 spiro atoms. The van der Waals surface area contributed by atoms with Gasteiger partial charge in [0.1, 0.15) is 0 Å². The molecule has 1 atom stereocenters. The first-order valence-corrected chi connectivity index (χ1v) is 9.55. The Balaban J connectivity index is 5.71. The van der Waals surface area contributed by atoms with Crippen LogP contribution in [-0.4, -0.2) is 40.5 Å². The van der Waals surface area contributed by atoms with Crippen molar-refractivity contribution in [1.29, 1.82) is 0 Å². The summed E-state index contributed by atoms with van der Waals surface area (Å²) in [5.41, 5.74) is -4.30. The summed E-state index contributed by atoms with van der Waals surface area (Å²) >= 11 is 10.9. The monoisotopic (exact) mass is 450 g/mol. The topological polar surface area (TPSA) is 9.23 Å². The summed E-state index contributed by atoms with van der Waals surface area (Å²) in [6.07, 6.45) is -3.40. The van der Waals surface area contributed by atoms with E-state index in [-0.39, 0.29) is 19.1 Å². The highest BCUT2D eigenvalue weighted by molar-refractivity contribution is 6.49. The molecule has 0 aliphatic rings. The van der Waals surface area contributed by atoms with Crippen molar-refractivity contribution in [3.05, 3.63) is 0 Å². The summed E-state index contributed by atoms with van der Waals surface area (Å²) < 4.78 is 102. The lowest BCUT2D eigenvalue weighted by molar-refractivity contribution is -0.347. The Hall–Kier alpha value is 0.0500. The molecule has 0 aromatic heterocycles. The SMILES string of the molecule is CCCCCC(F)(F)C(F)(F)C(F)(F)C(F)(CCCOC(C)C)C(C)(Cl)Cl. The molecule has 164 valence electrons. The lowest BCUT2D eigenvalue weighted by atomic mass is 9.82. The second kappa shape index (κ2) is 9.70. The van der Waals surface area contributed by atoms with E-state index in [9.17, 15) is 26.3 Å². The normalized spacial score (nSPS) is 16.7. The van der Waals surface area contributed by atoms with Gasteiger partial charge in [-0.1, -0.05) is 43.0 Å². The lowest BCUT2D eigenvalue weighted by Gasteiger charge is -2.44. The van der Waals surface area contributed by atoms with Gasteiger partial charge in [-0.25, -0.2) is 4.39 Å². The minimum atomic E-state index is -5.98. The lowest BCUT2D eigenvalue weighted by Crippen LogP contribution is -2.68. The summed E-state index contributed by atoms with van der Waals surface area (Å²) in [7, 11) is 0. The van der Waals surface area contributed by atoms with Crippen molar-refractivity contribution in [2.24, 2.45) is 0 Å². The van der Waals surface area contributed by atoms with Gasteiger partial charge in [-0.15, -0.1) is 0 Å². The first-order valence-electron chi connectivity index (χ1n) is 8.79. The molecule has 10 heteroatoms. The third kappa shape index (κ3) is 6.01. The predicted octanol–water partition coefficient (Wildman–Crippen LogP) is 7.58. The molecule has 0 saturated carbocycles. The molecular weight excluding hydrogens is 424 g/mol. The van der Waals surface area contributed by atoms with Gasteiger partial charge in [0.15, 0.2) is 4.33 Å². The van der Waals surface area contributed by atoms with Gasteiger partial charge in [-0.3, -0.25) is 0 Å². The Morgan fingerprint density at radius 1 is 0.815 bits per heavy atom. The van der Waals surface area contributed by atoms with Crippen LogP contribution in [0.15, 0.2) is 0 Å². The van der Waals surface area contributed by atoms with E-state index < -0.39 is 53.5 Å². The van der Waals surface area contributed by atoms with Gasteiger partial charge in [0.2, 0.25) is 5.67 Å². The van der Waals surface area contributed by atoms with E-state index in [2.05, 4.69) is 0 Å². The molecule has 0 saturated heterocycles. The molecule has 0 rings (SSSR count). The minimum Gasteiger partial charge on any atom is -0.379 e. The van der Waals surface area contributed by atoms with Gasteiger partial charge in [-0.2, -0.15) is 26.3 Å². The maximum absolute atomic E-state index is 15.1. The van der Waals surface area contributed by atoms with Crippen molar-refractivity contribution < 1.29 is 35.5 Å². The fourth-order valence-electron chi connectivity index (χ4n) is 2.52. The van der Waals surface area contributed by atoms with E-state index in [1.807, 2.05) is 0 Å². The Bertz CT molecular complexity index is 453. The number of alkyl halides is 9. The van der Waals surface area contributed by atoms with Crippen molar-refractivity contribution in [1.82, 2.24) is 0 Å². The van der Waals surface area contributed by atoms with E-state index in [0.717, 1.165) is 0 Å². The fraction of sp³-hybridized carbons (Fsp3) is 1.00. The highest BCUT2D eigenvalue weighted by atomic mass is 35.5. The predicted molar refractivity (Wildman–Crippen MR) is 93.3 cm³/mol. The van der Waals surface area contributed by atoms with E-state index in [1.165, 1.54) is 0 Å². The smallest absolute Gasteiger partial charge is 0.375 e. The van der Waals surface area contributed by atoms with Crippen molar-refractivity contribution in [3.8, 4) is 0 Å². The van der Waals surface area contributed by atoms with Crippen molar-refractivity contribution in [3.63, 3.8) is 0 Å². The highest BCUT2D eigenvalue weighted by Gasteiger charge is 2.81. The van der Waals surface area contributed by atoms with Crippen LogP contribution in [0, 0.1) is 0 Å². The van der Waals surface area contributed by atoms with Gasteiger partial charge >= 0.3 is 17.8 Å². The van der Waals surface area contributed by atoms with Gasteiger partial charge in [0, 0.05) is 13.0 Å². The molecule has 0 amide bonds. The Kier molecular flexibility index (Phi) is 9.72. The van der Waals surface area contributed by atoms with Crippen LogP contribution in [0.3, 0.4) is 0 Å². The largest absolute Gasteiger partial charge is 0.379 e. The Labute approximate surface area is 165 Å². The maximum Gasteiger partial charge on any atom is 0.375 e. The minimum absolute atomic E-state index is 0.146. The summed E-state index contributed by atoms with van der Waals surface area (Å²) in [6.45, 7) is 5.16. The highest BCUT2D eigenvalue weighted by Crippen LogP contribution is 2.59. The molecule has 1 unspecified atom stereocenters. The van der Waals surface area contributed by atoms with Gasteiger partial charge in [0.05, 0.1) is 6.10 Å². The zero-order valence-corrected chi connectivity index (χ0v) is 17.3. The third-order valence-corrected chi connectivity index (χ3v) is 4.86. The zero-order chi connectivity index (χ0) is 21.7. The molecule has 0 aliphatic heterocycles. The van der Waals surface area contributed by atoms with Crippen LogP contribution in [0.4, 0.5) is 30.7 Å². The summed E-state index contributed by atoms with van der Waals surface area (Å²) in [4.78, 5) is 0. The summed E-state index contributed by atoms with van der Waals surface area (Å²) in [5.74, 6) is -16.9. The number of hydrogen-bond acceptors (Lipinski definition) is 1. The first kappa shape index (κ1) is 27.0. The number of rotatable bonds is 13. The molecule has 0 aliphatic carbocycles. The third-order valence-electron chi connectivity index (χ3n) is 4.26. The molecule has 0 N–H and O–H groups in total. The Morgan fingerprint density at radius 3 is 1.74 bits per heavy atom. The molecule has 27 heavy (non-hydrogen) atoms. The van der Waals surface area contributed by atoms with E-state index in [0.29, 0.717) is 13.3 Å². The molecule has 0 radical (unpaired) electrons. The van der Waals surface area contributed by atoms with E-state index >= 15 is 4.39 Å². The quantitative estimate of drug-likeness (QED) is 0.159. The van der Waals surface area contributed by atoms with Crippen molar-refractivity contribution in [2.45, 2.75) is 100 Å². The van der Waals surface area contributed by atoms with Crippen LogP contribution in [-0.2, 0) is 4.74 Å². The maximum atomic E-state index is 15.1. The Morgan fingerprint density at radius 2 is 1.33 bits per heavy atom. The number of halogens is 9. The fourth-order valence-corrected chi connectivity index (χ4v) is 2.95.